The quantitative estimate of drug-likeness (QED) is 0.475. The van der Waals surface area contributed by atoms with Crippen LogP contribution in [0.5, 0.6) is 0 Å². The van der Waals surface area contributed by atoms with E-state index in [-0.39, 0.29) is 23.4 Å². The van der Waals surface area contributed by atoms with E-state index in [4.69, 9.17) is 11.6 Å². The molecule has 0 spiro atoms. The van der Waals surface area contributed by atoms with Gasteiger partial charge in [-0.15, -0.1) is 0 Å². The van der Waals surface area contributed by atoms with Gasteiger partial charge in [-0.2, -0.15) is 4.31 Å². The van der Waals surface area contributed by atoms with Crippen LogP contribution < -0.4 is 10.9 Å². The third-order valence-electron chi connectivity index (χ3n) is 4.62. The number of amides is 2. The smallest absolute Gasteiger partial charge is 0.253 e. The third-order valence-corrected chi connectivity index (χ3v) is 6.68. The summed E-state index contributed by atoms with van der Waals surface area (Å²) in [7, 11) is -4.05. The van der Waals surface area contributed by atoms with Crippen LogP contribution in [0.1, 0.15) is 11.1 Å². The maximum absolute atomic E-state index is 13.7. The second-order valence-electron chi connectivity index (χ2n) is 7.08. The molecule has 172 valence electrons. The summed E-state index contributed by atoms with van der Waals surface area (Å²) < 4.78 is 41.0. The van der Waals surface area contributed by atoms with Gasteiger partial charge in [0.2, 0.25) is 15.9 Å². The summed E-state index contributed by atoms with van der Waals surface area (Å²) in [5.74, 6) is -1.95. The number of carbonyl (C=O) groups is 2. The van der Waals surface area contributed by atoms with Gasteiger partial charge in [-0.25, -0.2) is 12.8 Å². The Bertz CT molecular complexity index is 1220. The summed E-state index contributed by atoms with van der Waals surface area (Å²) in [6.07, 6.45) is -0.288. The number of nitrogens with one attached hydrogen (secondary N) is 2. The monoisotopic (exact) mass is 489 g/mol. The minimum atomic E-state index is -4.05. The lowest BCUT2D eigenvalue weighted by atomic mass is 10.1. The Morgan fingerprint density at radius 3 is 2.12 bits per heavy atom. The van der Waals surface area contributed by atoms with Crippen molar-refractivity contribution in [2.24, 2.45) is 0 Å². The summed E-state index contributed by atoms with van der Waals surface area (Å²) in [6, 6.07) is 20.1. The Morgan fingerprint density at radius 2 is 1.45 bits per heavy atom. The molecule has 0 unspecified atom stereocenters. The van der Waals surface area contributed by atoms with Crippen LogP contribution in [0.15, 0.2) is 83.8 Å². The van der Waals surface area contributed by atoms with Gasteiger partial charge >= 0.3 is 0 Å². The largest absolute Gasteiger partial charge is 0.273 e. The lowest BCUT2D eigenvalue weighted by Crippen LogP contribution is -2.47. The Kier molecular flexibility index (Phi) is 8.16. The van der Waals surface area contributed by atoms with Crippen molar-refractivity contribution in [1.82, 2.24) is 15.2 Å². The third kappa shape index (κ3) is 6.85. The molecule has 0 fully saturated rings. The second-order valence-corrected chi connectivity index (χ2v) is 9.45. The first kappa shape index (κ1) is 24.4. The maximum atomic E-state index is 13.7. The number of hydrogen-bond donors (Lipinski definition) is 2. The molecule has 0 saturated carbocycles. The fourth-order valence-electron chi connectivity index (χ4n) is 2.97. The van der Waals surface area contributed by atoms with E-state index in [1.807, 2.05) is 0 Å². The molecular weight excluding hydrogens is 469 g/mol. The van der Waals surface area contributed by atoms with Gasteiger partial charge in [0.1, 0.15) is 5.82 Å². The van der Waals surface area contributed by atoms with Gasteiger partial charge in [0, 0.05) is 11.6 Å². The fourth-order valence-corrected chi connectivity index (χ4v) is 4.48. The number of benzene rings is 3. The Hall–Kier alpha value is -3.27. The Balaban J connectivity index is 1.70. The number of carbonyl (C=O) groups excluding carboxylic acids is 2. The molecule has 7 nitrogen and oxygen atoms in total. The maximum Gasteiger partial charge on any atom is 0.253 e. The lowest BCUT2D eigenvalue weighted by Gasteiger charge is -2.22. The zero-order chi connectivity index (χ0) is 23.8. The summed E-state index contributed by atoms with van der Waals surface area (Å²) in [6.45, 7) is -0.623. The van der Waals surface area contributed by atoms with Crippen LogP contribution in [0.25, 0.3) is 0 Å². The summed E-state index contributed by atoms with van der Waals surface area (Å²) in [5, 5.41) is 0.374. The molecule has 0 bridgehead atoms. The van der Waals surface area contributed by atoms with Crippen LogP contribution in [0.4, 0.5) is 4.39 Å². The predicted octanol–water partition coefficient (Wildman–Crippen LogP) is 3.06. The van der Waals surface area contributed by atoms with E-state index >= 15 is 0 Å². The van der Waals surface area contributed by atoms with Crippen molar-refractivity contribution in [2.45, 2.75) is 17.9 Å². The number of rotatable bonds is 8. The van der Waals surface area contributed by atoms with E-state index < -0.39 is 34.2 Å². The summed E-state index contributed by atoms with van der Waals surface area (Å²) in [5.41, 5.74) is 5.20. The highest BCUT2D eigenvalue weighted by atomic mass is 35.5. The molecule has 0 saturated heterocycles. The van der Waals surface area contributed by atoms with E-state index in [2.05, 4.69) is 10.9 Å². The zero-order valence-corrected chi connectivity index (χ0v) is 18.9. The first-order chi connectivity index (χ1) is 15.8. The highest BCUT2D eigenvalue weighted by Gasteiger charge is 2.27. The van der Waals surface area contributed by atoms with Crippen molar-refractivity contribution in [1.29, 1.82) is 0 Å². The molecule has 0 atom stereocenters. The van der Waals surface area contributed by atoms with Gasteiger partial charge in [0.05, 0.1) is 17.9 Å². The molecule has 10 heteroatoms. The van der Waals surface area contributed by atoms with Crippen molar-refractivity contribution >= 4 is 33.4 Å². The molecule has 0 heterocycles. The van der Waals surface area contributed by atoms with E-state index in [0.717, 1.165) is 4.31 Å². The molecular formula is C23H21ClFN3O4S. The van der Waals surface area contributed by atoms with Gasteiger partial charge in [-0.05, 0) is 41.5 Å². The van der Waals surface area contributed by atoms with Crippen molar-refractivity contribution in [3.63, 3.8) is 0 Å². The molecule has 3 rings (SSSR count). The van der Waals surface area contributed by atoms with Crippen LogP contribution in [0.2, 0.25) is 5.02 Å². The van der Waals surface area contributed by atoms with Crippen molar-refractivity contribution in [3.8, 4) is 0 Å². The van der Waals surface area contributed by atoms with Crippen LogP contribution in [0, 0.1) is 5.82 Å². The molecule has 0 aromatic heterocycles. The summed E-state index contributed by atoms with van der Waals surface area (Å²) in [4.78, 5) is 24.5. The Labute approximate surface area is 196 Å². The zero-order valence-electron chi connectivity index (χ0n) is 17.4. The molecule has 3 aromatic rings. The van der Waals surface area contributed by atoms with Gasteiger partial charge < -0.3 is 0 Å². The average Bonchev–Trinajstić information content (AvgIpc) is 2.80. The molecule has 2 N–H and O–H groups in total. The van der Waals surface area contributed by atoms with E-state index in [1.165, 1.54) is 42.5 Å². The first-order valence-corrected chi connectivity index (χ1v) is 11.7. The summed E-state index contributed by atoms with van der Waals surface area (Å²) >= 11 is 5.86. The highest BCUT2D eigenvalue weighted by Crippen LogP contribution is 2.20. The second kappa shape index (κ2) is 11.0. The normalized spacial score (nSPS) is 11.2. The van der Waals surface area contributed by atoms with Crippen LogP contribution in [0.3, 0.4) is 0 Å². The van der Waals surface area contributed by atoms with Crippen LogP contribution in [-0.4, -0.2) is 31.1 Å². The molecule has 0 aliphatic heterocycles. The molecule has 0 aliphatic rings. The van der Waals surface area contributed by atoms with Crippen molar-refractivity contribution in [2.75, 3.05) is 6.54 Å². The molecule has 3 aromatic carbocycles. The number of hydrogen-bond acceptors (Lipinski definition) is 4. The number of nitrogens with zero attached hydrogens (tertiary/aromatic N) is 1. The SMILES string of the molecule is O=C(Cc1ccccc1F)NNC(=O)CN(Cc1ccccc1)S(=O)(=O)c1ccc(Cl)cc1. The molecule has 2 amide bonds. The Morgan fingerprint density at radius 1 is 0.848 bits per heavy atom. The van der Waals surface area contributed by atoms with Gasteiger partial charge in [-0.3, -0.25) is 20.4 Å². The van der Waals surface area contributed by atoms with Gasteiger partial charge in [0.15, 0.2) is 0 Å². The molecule has 0 aliphatic carbocycles. The number of sulfonamides is 1. The molecule has 0 radical (unpaired) electrons. The number of hydrazine groups is 1. The topological polar surface area (TPSA) is 95.6 Å². The van der Waals surface area contributed by atoms with Crippen LogP contribution >= 0.6 is 11.6 Å². The minimum absolute atomic E-state index is 0.0285. The standard InChI is InChI=1S/C23H21ClFN3O4S/c24-19-10-12-20(13-11-19)33(31,32)28(15-17-6-2-1-3-7-17)16-23(30)27-26-22(29)14-18-8-4-5-9-21(18)25/h1-13H,14-16H2,(H,26,29)(H,27,30). The van der Waals surface area contributed by atoms with Crippen molar-refractivity contribution in [3.05, 3.63) is 101 Å². The first-order valence-electron chi connectivity index (χ1n) is 9.86. The van der Waals surface area contributed by atoms with Gasteiger partial charge in [-0.1, -0.05) is 60.1 Å². The van der Waals surface area contributed by atoms with Gasteiger partial charge in [0.25, 0.3) is 5.91 Å². The predicted molar refractivity (Wildman–Crippen MR) is 122 cm³/mol. The minimum Gasteiger partial charge on any atom is -0.273 e. The molecule has 33 heavy (non-hydrogen) atoms. The van der Waals surface area contributed by atoms with Crippen molar-refractivity contribution < 1.29 is 22.4 Å². The highest BCUT2D eigenvalue weighted by molar-refractivity contribution is 7.89. The van der Waals surface area contributed by atoms with E-state index in [1.54, 1.807) is 36.4 Å². The van der Waals surface area contributed by atoms with E-state index in [0.29, 0.717) is 10.6 Å². The van der Waals surface area contributed by atoms with Crippen LogP contribution in [-0.2, 0) is 32.6 Å². The average molecular weight is 490 g/mol. The fraction of sp³-hybridized carbons (Fsp3) is 0.130. The lowest BCUT2D eigenvalue weighted by molar-refractivity contribution is -0.128. The number of halogens is 2. The van der Waals surface area contributed by atoms with E-state index in [9.17, 15) is 22.4 Å².